The summed E-state index contributed by atoms with van der Waals surface area (Å²) in [5, 5.41) is 1.37. The molecule has 1 atom stereocenters. The molecule has 3 heteroatoms. The van der Waals surface area contributed by atoms with Crippen LogP contribution in [-0.2, 0) is 9.16 Å². The van der Waals surface area contributed by atoms with Gasteiger partial charge < -0.3 is 9.16 Å². The number of hydrogen-bond acceptors (Lipinski definition) is 2. The molecular weight excluding hydrogens is 192 g/mol. The van der Waals surface area contributed by atoms with Crippen molar-refractivity contribution in [3.05, 3.63) is 30.3 Å². The van der Waals surface area contributed by atoms with Gasteiger partial charge in [0, 0.05) is 20.3 Å². The lowest BCUT2D eigenvalue weighted by Crippen LogP contribution is -2.30. The number of hydrogen-bond donors (Lipinski definition) is 0. The SMILES string of the molecule is COCCCO[SiH](C)c1ccccc1. The minimum absolute atomic E-state index is 0.788. The molecule has 78 valence electrons. The summed E-state index contributed by atoms with van der Waals surface area (Å²) in [6, 6.07) is 10.5. The minimum atomic E-state index is -1.16. The molecule has 0 saturated carbocycles. The van der Waals surface area contributed by atoms with Gasteiger partial charge in [0.05, 0.1) is 0 Å². The number of methoxy groups -OCH3 is 1. The van der Waals surface area contributed by atoms with Crippen LogP contribution in [0.2, 0.25) is 6.55 Å². The first-order valence-electron chi connectivity index (χ1n) is 5.00. The van der Waals surface area contributed by atoms with Gasteiger partial charge in [0.1, 0.15) is 0 Å². The third-order valence-corrected chi connectivity index (χ3v) is 4.19. The van der Waals surface area contributed by atoms with E-state index in [1.165, 1.54) is 5.19 Å². The van der Waals surface area contributed by atoms with Crippen LogP contribution in [0.3, 0.4) is 0 Å². The first kappa shape index (κ1) is 11.4. The Kier molecular flexibility index (Phi) is 5.52. The molecule has 2 nitrogen and oxygen atoms in total. The Hall–Kier alpha value is -0.643. The largest absolute Gasteiger partial charge is 0.416 e. The van der Waals surface area contributed by atoms with Crippen LogP contribution in [0.4, 0.5) is 0 Å². The molecule has 0 aromatic heterocycles. The fraction of sp³-hybridized carbons (Fsp3) is 0.455. The zero-order chi connectivity index (χ0) is 10.2. The zero-order valence-corrected chi connectivity index (χ0v) is 10.1. The van der Waals surface area contributed by atoms with Crippen LogP contribution in [0.15, 0.2) is 30.3 Å². The highest BCUT2D eigenvalue weighted by Gasteiger charge is 2.06. The van der Waals surface area contributed by atoms with E-state index in [1.54, 1.807) is 7.11 Å². The van der Waals surface area contributed by atoms with Crippen LogP contribution in [0.1, 0.15) is 6.42 Å². The van der Waals surface area contributed by atoms with Crippen LogP contribution in [0.5, 0.6) is 0 Å². The third kappa shape index (κ3) is 4.04. The molecule has 0 amide bonds. The zero-order valence-electron chi connectivity index (χ0n) is 8.90. The highest BCUT2D eigenvalue weighted by molar-refractivity contribution is 6.66. The van der Waals surface area contributed by atoms with Gasteiger partial charge >= 0.3 is 0 Å². The van der Waals surface area contributed by atoms with E-state index < -0.39 is 9.04 Å². The second kappa shape index (κ2) is 6.76. The first-order valence-corrected chi connectivity index (χ1v) is 7.20. The van der Waals surface area contributed by atoms with Crippen LogP contribution >= 0.6 is 0 Å². The number of rotatable bonds is 6. The molecule has 0 aliphatic heterocycles. The third-order valence-electron chi connectivity index (χ3n) is 2.13. The van der Waals surface area contributed by atoms with Gasteiger partial charge in [-0.1, -0.05) is 30.3 Å². The minimum Gasteiger partial charge on any atom is -0.416 e. The smallest absolute Gasteiger partial charge is 0.205 e. The standard InChI is InChI=1S/C11H18O2Si/c1-12-9-6-10-13-14(2)11-7-4-3-5-8-11/h3-5,7-8,14H,6,9-10H2,1-2H3. The average Bonchev–Trinajstić information content (AvgIpc) is 2.25. The molecule has 0 aliphatic carbocycles. The second-order valence-corrected chi connectivity index (χ2v) is 5.55. The Labute approximate surface area is 87.6 Å². The van der Waals surface area contributed by atoms with Gasteiger partial charge in [-0.25, -0.2) is 0 Å². The first-order chi connectivity index (χ1) is 6.84. The lowest BCUT2D eigenvalue weighted by molar-refractivity contribution is 0.173. The van der Waals surface area contributed by atoms with Crippen molar-refractivity contribution in [3.63, 3.8) is 0 Å². The Morgan fingerprint density at radius 1 is 1.14 bits per heavy atom. The average molecular weight is 210 g/mol. The van der Waals surface area contributed by atoms with Crippen molar-refractivity contribution in [1.29, 1.82) is 0 Å². The van der Waals surface area contributed by atoms with E-state index in [0.29, 0.717) is 0 Å². The lowest BCUT2D eigenvalue weighted by Gasteiger charge is -2.11. The molecule has 0 bridgehead atoms. The number of benzene rings is 1. The predicted molar refractivity (Wildman–Crippen MR) is 61.5 cm³/mol. The second-order valence-electron chi connectivity index (χ2n) is 3.27. The monoisotopic (exact) mass is 210 g/mol. The summed E-state index contributed by atoms with van der Waals surface area (Å²) in [5.74, 6) is 0. The van der Waals surface area contributed by atoms with Gasteiger partial charge in [0.2, 0.25) is 9.04 Å². The molecule has 0 saturated heterocycles. The summed E-state index contributed by atoms with van der Waals surface area (Å²) in [4.78, 5) is 0. The van der Waals surface area contributed by atoms with Crippen LogP contribution < -0.4 is 5.19 Å². The summed E-state index contributed by atoms with van der Waals surface area (Å²) in [7, 11) is 0.562. The van der Waals surface area contributed by atoms with Gasteiger partial charge in [0.15, 0.2) is 0 Å². The highest BCUT2D eigenvalue weighted by Crippen LogP contribution is 1.92. The number of ether oxygens (including phenoxy) is 1. The summed E-state index contributed by atoms with van der Waals surface area (Å²) >= 11 is 0. The van der Waals surface area contributed by atoms with Crippen molar-refractivity contribution in [3.8, 4) is 0 Å². The normalized spacial score (nSPS) is 12.7. The van der Waals surface area contributed by atoms with E-state index in [1.807, 2.05) is 6.07 Å². The van der Waals surface area contributed by atoms with Crippen LogP contribution in [-0.4, -0.2) is 29.4 Å². The molecule has 0 heterocycles. The summed E-state index contributed by atoms with van der Waals surface area (Å²) < 4.78 is 10.8. The molecule has 14 heavy (non-hydrogen) atoms. The molecule has 0 radical (unpaired) electrons. The molecule has 0 N–H and O–H groups in total. The van der Waals surface area contributed by atoms with Gasteiger partial charge in [-0.3, -0.25) is 0 Å². The van der Waals surface area contributed by atoms with Gasteiger partial charge in [-0.05, 0) is 18.2 Å². The molecule has 0 aliphatic rings. The summed E-state index contributed by atoms with van der Waals surface area (Å²) in [6.07, 6.45) is 0.987. The van der Waals surface area contributed by atoms with E-state index in [0.717, 1.165) is 19.6 Å². The summed E-state index contributed by atoms with van der Waals surface area (Å²) in [6.45, 7) is 3.81. The Morgan fingerprint density at radius 3 is 2.50 bits per heavy atom. The summed E-state index contributed by atoms with van der Waals surface area (Å²) in [5.41, 5.74) is 0. The van der Waals surface area contributed by atoms with Crippen molar-refractivity contribution in [2.24, 2.45) is 0 Å². The van der Waals surface area contributed by atoms with Crippen LogP contribution in [0.25, 0.3) is 0 Å². The molecule has 1 unspecified atom stereocenters. The quantitative estimate of drug-likeness (QED) is 0.520. The molecule has 0 spiro atoms. The molecule has 1 rings (SSSR count). The van der Waals surface area contributed by atoms with E-state index in [9.17, 15) is 0 Å². The Morgan fingerprint density at radius 2 is 1.86 bits per heavy atom. The van der Waals surface area contributed by atoms with Gasteiger partial charge in [-0.15, -0.1) is 0 Å². The van der Waals surface area contributed by atoms with Gasteiger partial charge in [-0.2, -0.15) is 0 Å². The Balaban J connectivity index is 2.25. The lowest BCUT2D eigenvalue weighted by atomic mass is 10.4. The fourth-order valence-corrected chi connectivity index (χ4v) is 2.76. The van der Waals surface area contributed by atoms with E-state index in [4.69, 9.17) is 9.16 Å². The fourth-order valence-electron chi connectivity index (χ4n) is 1.28. The topological polar surface area (TPSA) is 18.5 Å². The Bertz CT molecular complexity index is 238. The van der Waals surface area contributed by atoms with Crippen molar-refractivity contribution in [2.75, 3.05) is 20.3 Å². The molecule has 1 aromatic rings. The van der Waals surface area contributed by atoms with Crippen molar-refractivity contribution < 1.29 is 9.16 Å². The molecule has 1 aromatic carbocycles. The highest BCUT2D eigenvalue weighted by atomic mass is 28.3. The maximum Gasteiger partial charge on any atom is 0.205 e. The van der Waals surface area contributed by atoms with E-state index >= 15 is 0 Å². The van der Waals surface area contributed by atoms with E-state index in [2.05, 4.69) is 30.8 Å². The maximum absolute atomic E-state index is 5.79. The maximum atomic E-state index is 5.79. The van der Waals surface area contributed by atoms with Gasteiger partial charge in [0.25, 0.3) is 0 Å². The molecule has 0 fully saturated rings. The van der Waals surface area contributed by atoms with E-state index in [-0.39, 0.29) is 0 Å². The predicted octanol–water partition coefficient (Wildman–Crippen LogP) is 1.30. The van der Waals surface area contributed by atoms with Crippen LogP contribution in [0, 0.1) is 0 Å². The van der Waals surface area contributed by atoms with Crippen molar-refractivity contribution in [1.82, 2.24) is 0 Å². The molecular formula is C11H18O2Si. The van der Waals surface area contributed by atoms with Crippen molar-refractivity contribution >= 4 is 14.2 Å². The van der Waals surface area contributed by atoms with Crippen molar-refractivity contribution in [2.45, 2.75) is 13.0 Å².